The van der Waals surface area contributed by atoms with Gasteiger partial charge in [-0.2, -0.15) is 15.6 Å². The zero-order valence-electron chi connectivity index (χ0n) is 12.0. The molecule has 0 amide bonds. The van der Waals surface area contributed by atoms with Gasteiger partial charge >= 0.3 is 5.97 Å². The Hall–Kier alpha value is -2.90. The number of carbonyl (C=O) groups excluding carboxylic acids is 1. The van der Waals surface area contributed by atoms with Crippen LogP contribution in [-0.4, -0.2) is 18.3 Å². The Labute approximate surface area is 131 Å². The van der Waals surface area contributed by atoms with Gasteiger partial charge in [0, 0.05) is 4.70 Å². The third kappa shape index (κ3) is 3.05. The molecule has 0 saturated heterocycles. The lowest BCUT2D eigenvalue weighted by molar-refractivity contribution is 0.0531. The van der Waals surface area contributed by atoms with Crippen LogP contribution in [0.2, 0.25) is 0 Å². The molecule has 1 N–H and O–H groups in total. The van der Waals surface area contributed by atoms with Crippen molar-refractivity contribution in [3.63, 3.8) is 0 Å². The molecule has 0 spiro atoms. The topological polar surface area (TPSA) is 98.3 Å². The normalized spacial score (nSPS) is 9.64. The predicted molar refractivity (Wildman–Crippen MR) is 84.8 cm³/mol. The Kier molecular flexibility index (Phi) is 4.72. The lowest BCUT2D eigenvalue weighted by Crippen LogP contribution is -2.03. The maximum absolute atomic E-state index is 11.9. The van der Waals surface area contributed by atoms with Gasteiger partial charge in [0.05, 0.1) is 12.3 Å². The summed E-state index contributed by atoms with van der Waals surface area (Å²) in [6.45, 7) is 3.95. The number of nitrogens with zero attached hydrogens (tertiary/aromatic N) is 3. The molecule has 0 atom stereocenters. The van der Waals surface area contributed by atoms with E-state index in [1.165, 1.54) is 11.3 Å². The number of carbonyl (C=O) groups is 1. The van der Waals surface area contributed by atoms with E-state index in [4.69, 9.17) is 15.3 Å². The monoisotopic (exact) mass is 312 g/mol. The summed E-state index contributed by atoms with van der Waals surface area (Å²) in [5.74, 6) is -0.329. The van der Waals surface area contributed by atoms with Crippen LogP contribution in [0.25, 0.3) is 10.1 Å². The van der Waals surface area contributed by atoms with Crippen LogP contribution in [0.15, 0.2) is 23.3 Å². The van der Waals surface area contributed by atoms with Crippen molar-refractivity contribution >= 4 is 38.8 Å². The molecule has 0 unspecified atom stereocenters. The molecule has 2 rings (SSSR count). The van der Waals surface area contributed by atoms with Crippen molar-refractivity contribution in [1.82, 2.24) is 0 Å². The molecular formula is C15H12N4O2S. The van der Waals surface area contributed by atoms with Crippen LogP contribution in [-0.2, 0) is 4.74 Å². The summed E-state index contributed by atoms with van der Waals surface area (Å²) < 4.78 is 5.99. The molecule has 0 bridgehead atoms. The molecule has 22 heavy (non-hydrogen) atoms. The van der Waals surface area contributed by atoms with E-state index in [0.717, 1.165) is 15.6 Å². The summed E-state index contributed by atoms with van der Waals surface area (Å²) in [5, 5.41) is 21.9. The van der Waals surface area contributed by atoms with Crippen molar-refractivity contribution in [3.05, 3.63) is 28.6 Å². The number of thiophene rings is 1. The first kappa shape index (κ1) is 15.5. The van der Waals surface area contributed by atoms with Crippen LogP contribution in [0.3, 0.4) is 0 Å². The van der Waals surface area contributed by atoms with E-state index in [2.05, 4.69) is 10.5 Å². The summed E-state index contributed by atoms with van der Waals surface area (Å²) in [7, 11) is 0. The van der Waals surface area contributed by atoms with E-state index in [1.54, 1.807) is 25.1 Å². The fourth-order valence-corrected chi connectivity index (χ4v) is 2.96. The highest BCUT2D eigenvalue weighted by Crippen LogP contribution is 2.33. The minimum absolute atomic E-state index is 0.255. The number of hydrogen-bond acceptors (Lipinski definition) is 7. The maximum atomic E-state index is 11.9. The second kappa shape index (κ2) is 6.70. The van der Waals surface area contributed by atoms with Crippen LogP contribution in [0.4, 0.5) is 5.69 Å². The van der Waals surface area contributed by atoms with Crippen molar-refractivity contribution in [2.45, 2.75) is 13.8 Å². The van der Waals surface area contributed by atoms with Gasteiger partial charge in [-0.1, -0.05) is 0 Å². The molecule has 0 radical (unpaired) electrons. The molecule has 0 saturated carbocycles. The molecule has 1 aromatic carbocycles. The third-order valence-corrected chi connectivity index (χ3v) is 4.16. The number of benzene rings is 1. The molecule has 0 aliphatic heterocycles. The number of fused-ring (bicyclic) bond motifs is 1. The van der Waals surface area contributed by atoms with Gasteiger partial charge in [-0.25, -0.2) is 4.79 Å². The second-order valence-electron chi connectivity index (χ2n) is 4.28. The number of aryl methyl sites for hydroxylation is 1. The van der Waals surface area contributed by atoms with E-state index in [-0.39, 0.29) is 11.7 Å². The molecule has 1 aromatic heterocycles. The van der Waals surface area contributed by atoms with Crippen LogP contribution in [0.1, 0.15) is 22.2 Å². The zero-order chi connectivity index (χ0) is 16.1. The number of rotatable bonds is 4. The van der Waals surface area contributed by atoms with Gasteiger partial charge in [-0.3, -0.25) is 5.43 Å². The molecule has 0 aliphatic rings. The fourth-order valence-electron chi connectivity index (χ4n) is 1.88. The number of hydrazone groups is 1. The maximum Gasteiger partial charge on any atom is 0.348 e. The Morgan fingerprint density at radius 3 is 2.77 bits per heavy atom. The molecule has 2 aromatic rings. The van der Waals surface area contributed by atoms with Gasteiger partial charge in [-0.05, 0) is 43.0 Å². The summed E-state index contributed by atoms with van der Waals surface area (Å²) in [6.07, 6.45) is 0. The highest BCUT2D eigenvalue weighted by molar-refractivity contribution is 7.21. The number of hydrogen-bond donors (Lipinski definition) is 1. The fraction of sp³-hybridized carbons (Fsp3) is 0.200. The first-order chi connectivity index (χ1) is 10.6. The number of ether oxygens (including phenoxy) is 1. The summed E-state index contributed by atoms with van der Waals surface area (Å²) >= 11 is 1.37. The van der Waals surface area contributed by atoms with E-state index < -0.39 is 0 Å². The molecule has 1 heterocycles. The molecule has 7 heteroatoms. The van der Waals surface area contributed by atoms with E-state index in [0.29, 0.717) is 17.2 Å². The van der Waals surface area contributed by atoms with Crippen LogP contribution in [0.5, 0.6) is 0 Å². The Balaban J connectivity index is 2.37. The van der Waals surface area contributed by atoms with Gasteiger partial charge in [-0.15, -0.1) is 11.3 Å². The Morgan fingerprint density at radius 2 is 2.14 bits per heavy atom. The van der Waals surface area contributed by atoms with Crippen molar-refractivity contribution in [1.29, 1.82) is 10.5 Å². The van der Waals surface area contributed by atoms with Gasteiger partial charge in [0.2, 0.25) is 5.71 Å². The first-order valence-corrected chi connectivity index (χ1v) is 7.26. The number of nitriles is 2. The van der Waals surface area contributed by atoms with E-state index >= 15 is 0 Å². The average molecular weight is 312 g/mol. The Morgan fingerprint density at radius 1 is 1.41 bits per heavy atom. The summed E-state index contributed by atoms with van der Waals surface area (Å²) in [4.78, 5) is 12.5. The predicted octanol–water partition coefficient (Wildman–Crippen LogP) is 3.20. The minimum atomic E-state index is -0.329. The average Bonchev–Trinajstić information content (AvgIpc) is 2.85. The highest BCUT2D eigenvalue weighted by Gasteiger charge is 2.16. The summed E-state index contributed by atoms with van der Waals surface area (Å²) in [6, 6.07) is 8.78. The van der Waals surface area contributed by atoms with E-state index in [9.17, 15) is 4.79 Å². The SMILES string of the molecule is CCOC(=O)c1sc2ccc(NN=C(C#N)C#N)cc2c1C. The van der Waals surface area contributed by atoms with Crippen molar-refractivity contribution in [2.75, 3.05) is 12.0 Å². The smallest absolute Gasteiger partial charge is 0.348 e. The zero-order valence-corrected chi connectivity index (χ0v) is 12.8. The minimum Gasteiger partial charge on any atom is -0.462 e. The van der Waals surface area contributed by atoms with Crippen molar-refractivity contribution in [2.24, 2.45) is 5.10 Å². The number of esters is 1. The van der Waals surface area contributed by atoms with Crippen LogP contribution in [0, 0.1) is 29.6 Å². The summed E-state index contributed by atoms with van der Waals surface area (Å²) in [5.41, 5.74) is 3.88. The lowest BCUT2D eigenvalue weighted by atomic mass is 10.1. The van der Waals surface area contributed by atoms with Gasteiger partial charge < -0.3 is 4.74 Å². The van der Waals surface area contributed by atoms with Gasteiger partial charge in [0.1, 0.15) is 17.0 Å². The molecular weight excluding hydrogens is 300 g/mol. The number of nitrogens with one attached hydrogen (secondary N) is 1. The Bertz CT molecular complexity index is 824. The second-order valence-corrected chi connectivity index (χ2v) is 5.34. The van der Waals surface area contributed by atoms with Gasteiger partial charge in [0.25, 0.3) is 0 Å². The standard InChI is InChI=1S/C15H12N4O2S/c1-3-21-15(20)14-9(2)12-6-10(4-5-13(12)22-14)18-19-11(7-16)8-17/h4-6,18H,3H2,1-2H3. The molecule has 110 valence electrons. The van der Waals surface area contributed by atoms with Crippen molar-refractivity contribution in [3.8, 4) is 12.1 Å². The van der Waals surface area contributed by atoms with Gasteiger partial charge in [0.15, 0.2) is 0 Å². The van der Waals surface area contributed by atoms with Crippen molar-refractivity contribution < 1.29 is 9.53 Å². The lowest BCUT2D eigenvalue weighted by Gasteiger charge is -2.01. The molecule has 0 fully saturated rings. The largest absolute Gasteiger partial charge is 0.462 e. The third-order valence-electron chi connectivity index (χ3n) is 2.91. The first-order valence-electron chi connectivity index (χ1n) is 6.44. The van der Waals surface area contributed by atoms with Crippen LogP contribution < -0.4 is 5.43 Å². The highest BCUT2D eigenvalue weighted by atomic mass is 32.1. The molecule has 6 nitrogen and oxygen atoms in total. The molecule has 0 aliphatic carbocycles. The van der Waals surface area contributed by atoms with Crippen LogP contribution >= 0.6 is 11.3 Å². The number of anilines is 1. The quantitative estimate of drug-likeness (QED) is 0.531. The van der Waals surface area contributed by atoms with E-state index in [1.807, 2.05) is 19.1 Å².